The molecular formula is C21H18FN5OS. The third-order valence-corrected chi connectivity index (χ3v) is 5.48. The van der Waals surface area contributed by atoms with Crippen molar-refractivity contribution in [2.24, 2.45) is 9.78 Å². The summed E-state index contributed by atoms with van der Waals surface area (Å²) >= 11 is 4.78. The second-order valence-electron chi connectivity index (χ2n) is 7.27. The summed E-state index contributed by atoms with van der Waals surface area (Å²) in [6.45, 7) is 2.16. The van der Waals surface area contributed by atoms with Crippen LogP contribution in [0, 0.1) is 29.5 Å². The molecule has 1 heterocycles. The van der Waals surface area contributed by atoms with E-state index in [1.165, 1.54) is 18.5 Å². The SMILES string of the molecule is Cc1cc(N=S)cc2ncnc(Nc3ccc(F)cc3OCC3(C#N)CCC3)c12. The van der Waals surface area contributed by atoms with E-state index in [9.17, 15) is 9.65 Å². The predicted molar refractivity (Wildman–Crippen MR) is 111 cm³/mol. The number of rotatable bonds is 6. The first-order valence-corrected chi connectivity index (χ1v) is 9.59. The molecule has 0 spiro atoms. The van der Waals surface area contributed by atoms with E-state index in [0.29, 0.717) is 28.5 Å². The molecule has 4 rings (SSSR count). The maximum Gasteiger partial charge on any atom is 0.145 e. The molecule has 1 fully saturated rings. The second-order valence-corrected chi connectivity index (χ2v) is 7.45. The summed E-state index contributed by atoms with van der Waals surface area (Å²) in [5.74, 6) is 0.497. The van der Waals surface area contributed by atoms with E-state index in [2.05, 4.69) is 25.7 Å². The average Bonchev–Trinajstić information content (AvgIpc) is 2.69. The van der Waals surface area contributed by atoms with Gasteiger partial charge in [0, 0.05) is 23.9 Å². The van der Waals surface area contributed by atoms with Crippen molar-refractivity contribution < 1.29 is 9.13 Å². The summed E-state index contributed by atoms with van der Waals surface area (Å²) < 4.78 is 23.5. The Morgan fingerprint density at radius 3 is 2.83 bits per heavy atom. The number of aryl methyl sites for hydroxylation is 1. The van der Waals surface area contributed by atoms with Crippen LogP contribution >= 0.6 is 0 Å². The number of fused-ring (bicyclic) bond motifs is 1. The molecule has 3 aromatic rings. The summed E-state index contributed by atoms with van der Waals surface area (Å²) in [6, 6.07) is 10.2. The number of halogens is 1. The van der Waals surface area contributed by atoms with E-state index >= 15 is 0 Å². The summed E-state index contributed by atoms with van der Waals surface area (Å²) in [5, 5.41) is 13.5. The molecule has 1 aliphatic rings. The van der Waals surface area contributed by atoms with Gasteiger partial charge in [0.05, 0.1) is 28.4 Å². The van der Waals surface area contributed by atoms with Gasteiger partial charge in [-0.05, 0) is 49.6 Å². The lowest BCUT2D eigenvalue weighted by Crippen LogP contribution is -2.34. The predicted octanol–water partition coefficient (Wildman–Crippen LogP) is 5.26. The van der Waals surface area contributed by atoms with Crippen molar-refractivity contribution in [2.75, 3.05) is 11.9 Å². The normalized spacial score (nSPS) is 14.7. The largest absolute Gasteiger partial charge is 0.490 e. The molecule has 0 saturated heterocycles. The molecule has 0 bridgehead atoms. The third-order valence-electron chi connectivity index (χ3n) is 5.27. The lowest BCUT2D eigenvalue weighted by molar-refractivity contribution is 0.115. The lowest BCUT2D eigenvalue weighted by atomic mass is 9.71. The first kappa shape index (κ1) is 19.2. The Hall–Kier alpha value is -3.18. The van der Waals surface area contributed by atoms with Crippen LogP contribution in [0.5, 0.6) is 5.75 Å². The van der Waals surface area contributed by atoms with Gasteiger partial charge in [0.15, 0.2) is 0 Å². The number of hydrogen-bond donors (Lipinski definition) is 1. The molecule has 8 heteroatoms. The van der Waals surface area contributed by atoms with Crippen LogP contribution in [-0.2, 0) is 12.4 Å². The summed E-state index contributed by atoms with van der Waals surface area (Å²) in [6.07, 6.45) is 4.05. The number of nitriles is 1. The zero-order chi connectivity index (χ0) is 20.4. The van der Waals surface area contributed by atoms with Crippen LogP contribution in [0.2, 0.25) is 0 Å². The Bertz CT molecular complexity index is 1140. The quantitative estimate of drug-likeness (QED) is 0.600. The molecule has 1 saturated carbocycles. The van der Waals surface area contributed by atoms with Crippen LogP contribution in [0.3, 0.4) is 0 Å². The molecule has 29 heavy (non-hydrogen) atoms. The van der Waals surface area contributed by atoms with E-state index < -0.39 is 11.2 Å². The van der Waals surface area contributed by atoms with Crippen LogP contribution in [0.25, 0.3) is 10.9 Å². The van der Waals surface area contributed by atoms with Crippen molar-refractivity contribution in [3.63, 3.8) is 0 Å². The number of nitrogens with zero attached hydrogens (tertiary/aromatic N) is 4. The van der Waals surface area contributed by atoms with Crippen molar-refractivity contribution in [3.8, 4) is 11.8 Å². The van der Waals surface area contributed by atoms with E-state index in [1.807, 2.05) is 13.0 Å². The Balaban J connectivity index is 1.68. The van der Waals surface area contributed by atoms with E-state index in [-0.39, 0.29) is 6.61 Å². The number of hydrogen-bond acceptors (Lipinski definition) is 7. The van der Waals surface area contributed by atoms with Crippen LogP contribution in [0.4, 0.5) is 21.6 Å². The second kappa shape index (κ2) is 7.68. The number of nitrogens with one attached hydrogen (secondary N) is 1. The minimum absolute atomic E-state index is 0.231. The van der Waals surface area contributed by atoms with Crippen molar-refractivity contribution in [2.45, 2.75) is 26.2 Å². The molecule has 0 unspecified atom stereocenters. The van der Waals surface area contributed by atoms with Crippen LogP contribution in [-0.4, -0.2) is 16.6 Å². The maximum atomic E-state index is 13.9. The molecule has 0 amide bonds. The Morgan fingerprint density at radius 1 is 1.31 bits per heavy atom. The van der Waals surface area contributed by atoms with Gasteiger partial charge in [-0.1, -0.05) is 6.42 Å². The first-order valence-electron chi connectivity index (χ1n) is 9.23. The number of benzene rings is 2. The molecule has 6 nitrogen and oxygen atoms in total. The highest BCUT2D eigenvalue weighted by Crippen LogP contribution is 2.41. The van der Waals surface area contributed by atoms with Crippen molar-refractivity contribution in [1.29, 1.82) is 5.26 Å². The summed E-state index contributed by atoms with van der Waals surface area (Å²) in [7, 11) is 0. The fraction of sp³-hybridized carbons (Fsp3) is 0.286. The Kier molecular flexibility index (Phi) is 5.07. The molecule has 1 aromatic heterocycles. The van der Waals surface area contributed by atoms with Gasteiger partial charge in [0.1, 0.15) is 30.3 Å². The van der Waals surface area contributed by atoms with Crippen molar-refractivity contribution in [1.82, 2.24) is 9.97 Å². The minimum Gasteiger partial charge on any atom is -0.490 e. The Labute approximate surface area is 172 Å². The molecule has 0 atom stereocenters. The fourth-order valence-corrected chi connectivity index (χ4v) is 3.58. The number of anilines is 2. The first-order chi connectivity index (χ1) is 14.0. The van der Waals surface area contributed by atoms with Crippen molar-refractivity contribution in [3.05, 3.63) is 48.0 Å². The van der Waals surface area contributed by atoms with Gasteiger partial charge >= 0.3 is 0 Å². The van der Waals surface area contributed by atoms with E-state index in [1.54, 1.807) is 12.1 Å². The van der Waals surface area contributed by atoms with E-state index in [0.717, 1.165) is 30.2 Å². The molecule has 1 N–H and O–H groups in total. The van der Waals surface area contributed by atoms with Crippen LogP contribution < -0.4 is 10.1 Å². The highest BCUT2D eigenvalue weighted by atomic mass is 32.1. The van der Waals surface area contributed by atoms with Gasteiger partial charge in [0.2, 0.25) is 0 Å². The summed E-state index contributed by atoms with van der Waals surface area (Å²) in [5.41, 5.74) is 2.36. The van der Waals surface area contributed by atoms with Crippen molar-refractivity contribution >= 4 is 40.5 Å². The topological polar surface area (TPSA) is 83.2 Å². The highest BCUT2D eigenvalue weighted by Gasteiger charge is 2.38. The molecule has 0 radical (unpaired) electrons. The van der Waals surface area contributed by atoms with Crippen LogP contribution in [0.1, 0.15) is 24.8 Å². The van der Waals surface area contributed by atoms with E-state index in [4.69, 9.17) is 17.2 Å². The number of ether oxygens (including phenoxy) is 1. The molecule has 146 valence electrons. The highest BCUT2D eigenvalue weighted by molar-refractivity contribution is 7.47. The van der Waals surface area contributed by atoms with Crippen LogP contribution in [0.15, 0.2) is 41.0 Å². The lowest BCUT2D eigenvalue weighted by Gasteiger charge is -2.34. The standard InChI is InChI=1S/C21H18FN5OS/c1-13-7-15(27-29)9-17-19(13)20(25-12-24-17)26-16-4-3-14(22)8-18(16)28-11-21(10-23)5-2-6-21/h3-4,7-9,12H,2,5-6,11H2,1H3,(H,24,25,26). The van der Waals surface area contributed by atoms with Gasteiger partial charge in [-0.15, -0.1) is 0 Å². The molecular weight excluding hydrogens is 389 g/mol. The van der Waals surface area contributed by atoms with Gasteiger partial charge in [-0.2, -0.15) is 9.62 Å². The average molecular weight is 407 g/mol. The van der Waals surface area contributed by atoms with Gasteiger partial charge in [0.25, 0.3) is 0 Å². The molecule has 0 aliphatic heterocycles. The Morgan fingerprint density at radius 2 is 2.14 bits per heavy atom. The zero-order valence-corrected chi connectivity index (χ0v) is 16.6. The molecule has 1 aliphatic carbocycles. The smallest absolute Gasteiger partial charge is 0.145 e. The van der Waals surface area contributed by atoms with Gasteiger partial charge in [-0.25, -0.2) is 14.4 Å². The minimum atomic E-state index is -0.480. The zero-order valence-electron chi connectivity index (χ0n) is 15.8. The maximum absolute atomic E-state index is 13.9. The monoisotopic (exact) mass is 407 g/mol. The summed E-state index contributed by atoms with van der Waals surface area (Å²) in [4.78, 5) is 8.66. The molecule has 2 aromatic carbocycles. The number of aromatic nitrogens is 2. The third kappa shape index (κ3) is 3.74. The fourth-order valence-electron chi connectivity index (χ4n) is 3.47. The van der Waals surface area contributed by atoms with Gasteiger partial charge < -0.3 is 10.1 Å². The van der Waals surface area contributed by atoms with Gasteiger partial charge in [-0.3, -0.25) is 0 Å².